The van der Waals surface area contributed by atoms with Gasteiger partial charge in [0.15, 0.2) is 0 Å². The van der Waals surface area contributed by atoms with Gasteiger partial charge in [-0.25, -0.2) is 0 Å². The van der Waals surface area contributed by atoms with E-state index in [0.29, 0.717) is 19.3 Å². The third kappa shape index (κ3) is 5.77. The van der Waals surface area contributed by atoms with Crippen LogP contribution in [0.2, 0.25) is 0 Å². The third-order valence-electron chi connectivity index (χ3n) is 2.41. The summed E-state index contributed by atoms with van der Waals surface area (Å²) in [5.74, 6) is 0.764. The van der Waals surface area contributed by atoms with E-state index in [4.69, 9.17) is 9.47 Å². The molecule has 0 N–H and O–H groups in total. The molecule has 0 fully saturated rings. The molecular formula is C10H20O3. The maximum Gasteiger partial charge on any atom is 0.146 e. The van der Waals surface area contributed by atoms with E-state index >= 15 is 0 Å². The quantitative estimate of drug-likeness (QED) is 0.452. The highest BCUT2D eigenvalue weighted by molar-refractivity contribution is 5.78. The largest absolute Gasteiger partial charge is 0.359 e. The second-order valence-corrected chi connectivity index (χ2v) is 3.48. The second-order valence-electron chi connectivity index (χ2n) is 3.48. The molecule has 0 spiro atoms. The van der Waals surface area contributed by atoms with E-state index in [2.05, 4.69) is 6.92 Å². The minimum absolute atomic E-state index is 0.131. The van der Waals surface area contributed by atoms with Gasteiger partial charge in [0, 0.05) is 19.6 Å². The number of carbonyl (C=O) groups excluding carboxylic acids is 1. The Morgan fingerprint density at radius 3 is 2.46 bits per heavy atom. The predicted molar refractivity (Wildman–Crippen MR) is 51.5 cm³/mol. The minimum Gasteiger partial charge on any atom is -0.359 e. The fraction of sp³-hybridized carbons (Fsp3) is 0.900. The van der Waals surface area contributed by atoms with Crippen molar-refractivity contribution in [1.82, 2.24) is 0 Å². The SMILES string of the molecule is COCOCC[C@H](C)[C@H](C)C(C)=O. The van der Waals surface area contributed by atoms with Crippen molar-refractivity contribution in [3.8, 4) is 0 Å². The fourth-order valence-electron chi connectivity index (χ4n) is 1.06. The van der Waals surface area contributed by atoms with Crippen molar-refractivity contribution in [3.63, 3.8) is 0 Å². The summed E-state index contributed by atoms with van der Waals surface area (Å²) in [5, 5.41) is 0. The number of hydrogen-bond donors (Lipinski definition) is 0. The molecule has 3 nitrogen and oxygen atoms in total. The van der Waals surface area contributed by atoms with Gasteiger partial charge in [-0.3, -0.25) is 4.79 Å². The van der Waals surface area contributed by atoms with Gasteiger partial charge in [0.2, 0.25) is 0 Å². The standard InChI is InChI=1S/C10H20O3/c1-8(9(2)10(3)11)5-6-13-7-12-4/h8-9H,5-7H2,1-4H3/t8-,9-/m0/s1. The Balaban J connectivity index is 3.50. The zero-order valence-electron chi connectivity index (χ0n) is 9.00. The maximum atomic E-state index is 11.0. The molecule has 0 aliphatic carbocycles. The average molecular weight is 188 g/mol. The molecule has 0 aromatic carbocycles. The first kappa shape index (κ1) is 12.6. The number of hydrogen-bond acceptors (Lipinski definition) is 3. The molecule has 0 bridgehead atoms. The summed E-state index contributed by atoms with van der Waals surface area (Å²) in [5.41, 5.74) is 0. The van der Waals surface area contributed by atoms with Gasteiger partial charge >= 0.3 is 0 Å². The number of ketones is 1. The van der Waals surface area contributed by atoms with Crippen molar-refractivity contribution in [1.29, 1.82) is 0 Å². The Morgan fingerprint density at radius 2 is 2.00 bits per heavy atom. The maximum absolute atomic E-state index is 11.0. The average Bonchev–Trinajstić information content (AvgIpc) is 2.10. The summed E-state index contributed by atoms with van der Waals surface area (Å²) in [4.78, 5) is 11.0. The highest BCUT2D eigenvalue weighted by atomic mass is 16.7. The molecule has 0 aliphatic rings. The summed E-state index contributed by atoms with van der Waals surface area (Å²) >= 11 is 0. The first-order chi connectivity index (χ1) is 6.09. The van der Waals surface area contributed by atoms with Crippen LogP contribution in [0.15, 0.2) is 0 Å². The molecule has 0 aliphatic heterocycles. The van der Waals surface area contributed by atoms with Crippen molar-refractivity contribution in [2.45, 2.75) is 27.2 Å². The van der Waals surface area contributed by atoms with Crippen LogP contribution in [0, 0.1) is 11.8 Å². The molecule has 0 saturated carbocycles. The van der Waals surface area contributed by atoms with Crippen molar-refractivity contribution in [2.75, 3.05) is 20.5 Å². The number of carbonyl (C=O) groups is 1. The lowest BCUT2D eigenvalue weighted by Crippen LogP contribution is -2.17. The van der Waals surface area contributed by atoms with Crippen LogP contribution in [-0.2, 0) is 14.3 Å². The van der Waals surface area contributed by atoms with Gasteiger partial charge in [-0.15, -0.1) is 0 Å². The van der Waals surface area contributed by atoms with E-state index in [9.17, 15) is 4.79 Å². The van der Waals surface area contributed by atoms with Crippen LogP contribution < -0.4 is 0 Å². The molecule has 2 atom stereocenters. The molecule has 0 amide bonds. The Labute approximate surface area is 80.4 Å². The number of methoxy groups -OCH3 is 1. The Hall–Kier alpha value is -0.410. The topological polar surface area (TPSA) is 35.5 Å². The highest BCUT2D eigenvalue weighted by Gasteiger charge is 2.15. The van der Waals surface area contributed by atoms with Gasteiger partial charge in [-0.2, -0.15) is 0 Å². The van der Waals surface area contributed by atoms with E-state index in [1.807, 2.05) is 6.92 Å². The summed E-state index contributed by atoms with van der Waals surface area (Å²) < 4.78 is 9.89. The van der Waals surface area contributed by atoms with Gasteiger partial charge in [0.1, 0.15) is 12.6 Å². The van der Waals surface area contributed by atoms with Gasteiger partial charge in [-0.05, 0) is 19.3 Å². The molecule has 0 rings (SSSR count). The van der Waals surface area contributed by atoms with Crippen LogP contribution >= 0.6 is 0 Å². The van der Waals surface area contributed by atoms with Gasteiger partial charge in [0.25, 0.3) is 0 Å². The lowest BCUT2D eigenvalue weighted by Gasteiger charge is -2.16. The van der Waals surface area contributed by atoms with E-state index < -0.39 is 0 Å². The monoisotopic (exact) mass is 188 g/mol. The van der Waals surface area contributed by atoms with E-state index in [-0.39, 0.29) is 11.7 Å². The number of rotatable bonds is 7. The van der Waals surface area contributed by atoms with Crippen LogP contribution in [0.1, 0.15) is 27.2 Å². The van der Waals surface area contributed by atoms with E-state index in [0.717, 1.165) is 6.42 Å². The normalized spacial score (nSPS) is 15.4. The first-order valence-corrected chi connectivity index (χ1v) is 4.66. The summed E-state index contributed by atoms with van der Waals surface area (Å²) in [6.07, 6.45) is 0.907. The second kappa shape index (κ2) is 7.04. The molecule has 3 heteroatoms. The Kier molecular flexibility index (Phi) is 6.82. The number of ether oxygens (including phenoxy) is 2. The van der Waals surface area contributed by atoms with Crippen molar-refractivity contribution in [2.24, 2.45) is 11.8 Å². The molecular weight excluding hydrogens is 168 g/mol. The van der Waals surface area contributed by atoms with E-state index in [1.54, 1.807) is 14.0 Å². The summed E-state index contributed by atoms with van der Waals surface area (Å²) in [6, 6.07) is 0. The predicted octanol–water partition coefficient (Wildman–Crippen LogP) is 1.86. The molecule has 13 heavy (non-hydrogen) atoms. The van der Waals surface area contributed by atoms with Gasteiger partial charge in [-0.1, -0.05) is 13.8 Å². The van der Waals surface area contributed by atoms with Gasteiger partial charge in [0.05, 0.1) is 0 Å². The van der Waals surface area contributed by atoms with Crippen LogP contribution in [0.25, 0.3) is 0 Å². The molecule has 0 aromatic rings. The lowest BCUT2D eigenvalue weighted by atomic mass is 9.90. The molecule has 78 valence electrons. The van der Waals surface area contributed by atoms with Crippen LogP contribution in [0.4, 0.5) is 0 Å². The molecule has 0 heterocycles. The van der Waals surface area contributed by atoms with Crippen LogP contribution in [0.3, 0.4) is 0 Å². The van der Waals surface area contributed by atoms with Crippen molar-refractivity contribution in [3.05, 3.63) is 0 Å². The summed E-state index contributed by atoms with van der Waals surface area (Å²) in [6.45, 7) is 6.66. The van der Waals surface area contributed by atoms with Gasteiger partial charge < -0.3 is 9.47 Å². The molecule has 0 saturated heterocycles. The third-order valence-corrected chi connectivity index (χ3v) is 2.41. The number of Topliss-reactive ketones (excluding diaryl/α,β-unsaturated/α-hetero) is 1. The minimum atomic E-state index is 0.131. The highest BCUT2D eigenvalue weighted by Crippen LogP contribution is 2.15. The van der Waals surface area contributed by atoms with Crippen LogP contribution in [-0.4, -0.2) is 26.3 Å². The summed E-state index contributed by atoms with van der Waals surface area (Å²) in [7, 11) is 1.60. The fourth-order valence-corrected chi connectivity index (χ4v) is 1.06. The lowest BCUT2D eigenvalue weighted by molar-refractivity contribution is -0.121. The van der Waals surface area contributed by atoms with Crippen molar-refractivity contribution < 1.29 is 14.3 Å². The molecule has 0 unspecified atom stereocenters. The van der Waals surface area contributed by atoms with Crippen LogP contribution in [0.5, 0.6) is 0 Å². The van der Waals surface area contributed by atoms with E-state index in [1.165, 1.54) is 0 Å². The first-order valence-electron chi connectivity index (χ1n) is 4.66. The Bertz CT molecular complexity index is 145. The zero-order chi connectivity index (χ0) is 10.3. The smallest absolute Gasteiger partial charge is 0.146 e. The molecule has 0 radical (unpaired) electrons. The zero-order valence-corrected chi connectivity index (χ0v) is 9.00. The molecule has 0 aromatic heterocycles. The van der Waals surface area contributed by atoms with Crippen molar-refractivity contribution >= 4 is 5.78 Å². The Morgan fingerprint density at radius 1 is 1.38 bits per heavy atom.